The number of aryl methyl sites for hydroxylation is 1. The van der Waals surface area contributed by atoms with Crippen LogP contribution in [0.2, 0.25) is 0 Å². The second-order valence-corrected chi connectivity index (χ2v) is 6.81. The maximum atomic E-state index is 12.4. The van der Waals surface area contributed by atoms with Crippen molar-refractivity contribution in [2.75, 3.05) is 36.2 Å². The average Bonchev–Trinajstić information content (AvgIpc) is 3.01. The lowest BCUT2D eigenvalue weighted by molar-refractivity contribution is -0.134. The first-order valence-corrected chi connectivity index (χ1v) is 8.57. The Morgan fingerprint density at radius 3 is 2.70 bits per heavy atom. The number of hydrogen-bond donors (Lipinski definition) is 0. The Kier molecular flexibility index (Phi) is 4.20. The Bertz CT molecular complexity index is 477. The molecule has 0 unspecified atom stereocenters. The van der Waals surface area contributed by atoms with Gasteiger partial charge in [0.1, 0.15) is 0 Å². The van der Waals surface area contributed by atoms with Gasteiger partial charge in [0, 0.05) is 37.0 Å². The van der Waals surface area contributed by atoms with Crippen LogP contribution >= 0.6 is 11.8 Å². The Hall–Kier alpha value is -1.16. The summed E-state index contributed by atoms with van der Waals surface area (Å²) in [5, 5.41) is 0. The molecule has 2 saturated heterocycles. The van der Waals surface area contributed by atoms with Crippen LogP contribution in [0.3, 0.4) is 0 Å². The SMILES string of the molecule is Cc1cccc(N2CCC(C(=O)N3CCSC3)CC2)c1. The van der Waals surface area contributed by atoms with E-state index in [0.717, 1.165) is 44.1 Å². The number of benzene rings is 1. The molecular formula is C16H22N2OS. The Labute approximate surface area is 125 Å². The molecule has 2 fully saturated rings. The van der Waals surface area contributed by atoms with Gasteiger partial charge in [-0.3, -0.25) is 4.79 Å². The fourth-order valence-electron chi connectivity index (χ4n) is 3.06. The molecule has 2 aliphatic heterocycles. The Balaban J connectivity index is 1.58. The molecule has 1 aromatic rings. The number of thioether (sulfide) groups is 1. The highest BCUT2D eigenvalue weighted by atomic mass is 32.2. The quantitative estimate of drug-likeness (QED) is 0.837. The molecule has 0 aromatic heterocycles. The molecule has 0 N–H and O–H groups in total. The van der Waals surface area contributed by atoms with Crippen LogP contribution in [-0.2, 0) is 4.79 Å². The van der Waals surface area contributed by atoms with Gasteiger partial charge in [-0.15, -0.1) is 11.8 Å². The third-order valence-electron chi connectivity index (χ3n) is 4.28. The van der Waals surface area contributed by atoms with E-state index in [9.17, 15) is 4.79 Å². The van der Waals surface area contributed by atoms with Crippen molar-refractivity contribution >= 4 is 23.4 Å². The highest BCUT2D eigenvalue weighted by molar-refractivity contribution is 7.99. The van der Waals surface area contributed by atoms with Crippen LogP contribution < -0.4 is 4.90 Å². The van der Waals surface area contributed by atoms with Crippen LogP contribution in [0, 0.1) is 12.8 Å². The average molecular weight is 290 g/mol. The molecule has 0 radical (unpaired) electrons. The molecule has 0 bridgehead atoms. The summed E-state index contributed by atoms with van der Waals surface area (Å²) in [5.74, 6) is 2.64. The molecule has 1 aromatic carbocycles. The first-order valence-electron chi connectivity index (χ1n) is 7.42. The summed E-state index contributed by atoms with van der Waals surface area (Å²) in [6.07, 6.45) is 1.99. The molecule has 20 heavy (non-hydrogen) atoms. The highest BCUT2D eigenvalue weighted by Crippen LogP contribution is 2.26. The fourth-order valence-corrected chi connectivity index (χ4v) is 4.01. The van der Waals surface area contributed by atoms with E-state index in [1.807, 2.05) is 16.7 Å². The predicted molar refractivity (Wildman–Crippen MR) is 85.2 cm³/mol. The predicted octanol–water partition coefficient (Wildman–Crippen LogP) is 2.74. The van der Waals surface area contributed by atoms with Crippen molar-refractivity contribution in [2.45, 2.75) is 19.8 Å². The Morgan fingerprint density at radius 1 is 1.25 bits per heavy atom. The molecule has 3 nitrogen and oxygen atoms in total. The summed E-state index contributed by atoms with van der Waals surface area (Å²) < 4.78 is 0. The molecule has 0 aliphatic carbocycles. The van der Waals surface area contributed by atoms with Gasteiger partial charge in [0.15, 0.2) is 0 Å². The monoisotopic (exact) mass is 290 g/mol. The summed E-state index contributed by atoms with van der Waals surface area (Å²) in [7, 11) is 0. The van der Waals surface area contributed by atoms with Gasteiger partial charge in [-0.25, -0.2) is 0 Å². The van der Waals surface area contributed by atoms with Gasteiger partial charge < -0.3 is 9.80 Å². The van der Waals surface area contributed by atoms with Gasteiger partial charge in [0.05, 0.1) is 5.88 Å². The number of carbonyl (C=O) groups excluding carboxylic acids is 1. The topological polar surface area (TPSA) is 23.6 Å². The van der Waals surface area contributed by atoms with E-state index in [1.165, 1.54) is 11.3 Å². The summed E-state index contributed by atoms with van der Waals surface area (Å²) in [5.41, 5.74) is 2.60. The van der Waals surface area contributed by atoms with Gasteiger partial charge in [0.2, 0.25) is 5.91 Å². The molecule has 3 rings (SSSR count). The van der Waals surface area contributed by atoms with Gasteiger partial charge in [-0.1, -0.05) is 12.1 Å². The number of carbonyl (C=O) groups is 1. The third-order valence-corrected chi connectivity index (χ3v) is 5.24. The second-order valence-electron chi connectivity index (χ2n) is 5.74. The van der Waals surface area contributed by atoms with Gasteiger partial charge in [-0.2, -0.15) is 0 Å². The minimum absolute atomic E-state index is 0.245. The number of piperidine rings is 1. The largest absolute Gasteiger partial charge is 0.371 e. The number of hydrogen-bond acceptors (Lipinski definition) is 3. The zero-order valence-electron chi connectivity index (χ0n) is 12.0. The molecule has 0 saturated carbocycles. The minimum atomic E-state index is 0.245. The van der Waals surface area contributed by atoms with E-state index in [1.54, 1.807) is 0 Å². The maximum absolute atomic E-state index is 12.4. The molecule has 2 heterocycles. The van der Waals surface area contributed by atoms with Gasteiger partial charge >= 0.3 is 0 Å². The first-order chi connectivity index (χ1) is 9.74. The van der Waals surface area contributed by atoms with Crippen LogP contribution in [0.4, 0.5) is 5.69 Å². The molecule has 0 atom stereocenters. The van der Waals surface area contributed by atoms with E-state index >= 15 is 0 Å². The van der Waals surface area contributed by atoms with Crippen molar-refractivity contribution in [3.63, 3.8) is 0 Å². The molecule has 4 heteroatoms. The summed E-state index contributed by atoms with van der Waals surface area (Å²) in [6, 6.07) is 8.65. The van der Waals surface area contributed by atoms with Gasteiger partial charge in [0.25, 0.3) is 0 Å². The van der Waals surface area contributed by atoms with Crippen molar-refractivity contribution in [1.82, 2.24) is 4.90 Å². The maximum Gasteiger partial charge on any atom is 0.226 e. The van der Waals surface area contributed by atoms with Crippen molar-refractivity contribution in [2.24, 2.45) is 5.92 Å². The first kappa shape index (κ1) is 13.8. The van der Waals surface area contributed by atoms with Crippen molar-refractivity contribution in [3.8, 4) is 0 Å². The lowest BCUT2D eigenvalue weighted by Gasteiger charge is -2.34. The molecule has 108 valence electrons. The van der Waals surface area contributed by atoms with Crippen molar-refractivity contribution in [3.05, 3.63) is 29.8 Å². The van der Waals surface area contributed by atoms with E-state index in [-0.39, 0.29) is 5.92 Å². The van der Waals surface area contributed by atoms with Crippen molar-refractivity contribution < 1.29 is 4.79 Å². The van der Waals surface area contributed by atoms with E-state index in [0.29, 0.717) is 5.91 Å². The summed E-state index contributed by atoms with van der Waals surface area (Å²) in [6.45, 7) is 5.08. The lowest BCUT2D eigenvalue weighted by atomic mass is 9.95. The third kappa shape index (κ3) is 2.95. The van der Waals surface area contributed by atoms with E-state index in [4.69, 9.17) is 0 Å². The van der Waals surface area contributed by atoms with Crippen LogP contribution in [0.15, 0.2) is 24.3 Å². The summed E-state index contributed by atoms with van der Waals surface area (Å²) >= 11 is 1.87. The van der Waals surface area contributed by atoms with Crippen LogP contribution in [0.25, 0.3) is 0 Å². The zero-order chi connectivity index (χ0) is 13.9. The molecule has 0 spiro atoms. The number of rotatable bonds is 2. The van der Waals surface area contributed by atoms with Gasteiger partial charge in [-0.05, 0) is 37.5 Å². The second kappa shape index (κ2) is 6.08. The standard InChI is InChI=1S/C16H22N2OS/c1-13-3-2-4-15(11-13)17-7-5-14(6-8-17)16(19)18-9-10-20-12-18/h2-4,11,14H,5-10,12H2,1H3. The summed E-state index contributed by atoms with van der Waals surface area (Å²) in [4.78, 5) is 16.8. The van der Waals surface area contributed by atoms with Crippen LogP contribution in [0.1, 0.15) is 18.4 Å². The van der Waals surface area contributed by atoms with Crippen LogP contribution in [-0.4, -0.2) is 42.1 Å². The molecule has 1 amide bonds. The van der Waals surface area contributed by atoms with E-state index < -0.39 is 0 Å². The normalized spacial score (nSPS) is 20.4. The van der Waals surface area contributed by atoms with E-state index in [2.05, 4.69) is 36.1 Å². The Morgan fingerprint density at radius 2 is 2.05 bits per heavy atom. The lowest BCUT2D eigenvalue weighted by Crippen LogP contribution is -2.41. The highest BCUT2D eigenvalue weighted by Gasteiger charge is 2.29. The number of amides is 1. The number of anilines is 1. The smallest absolute Gasteiger partial charge is 0.226 e. The molecule has 2 aliphatic rings. The number of nitrogens with zero attached hydrogens (tertiary/aromatic N) is 2. The minimum Gasteiger partial charge on any atom is -0.371 e. The zero-order valence-corrected chi connectivity index (χ0v) is 12.9. The van der Waals surface area contributed by atoms with Crippen LogP contribution in [0.5, 0.6) is 0 Å². The fraction of sp³-hybridized carbons (Fsp3) is 0.562. The molecular weight excluding hydrogens is 268 g/mol. The van der Waals surface area contributed by atoms with Crippen molar-refractivity contribution in [1.29, 1.82) is 0 Å².